The fraction of sp³-hybridized carbons (Fsp3) is 0.647. The first kappa shape index (κ1) is 13.6. The Morgan fingerprint density at radius 2 is 1.72 bits per heavy atom. The number of hydrogen-bond acceptors (Lipinski definition) is 1. The van der Waals surface area contributed by atoms with Crippen LogP contribution in [-0.2, 0) is 6.42 Å². The van der Waals surface area contributed by atoms with Gasteiger partial charge in [0.2, 0.25) is 0 Å². The molecule has 1 saturated carbocycles. The van der Waals surface area contributed by atoms with Gasteiger partial charge < -0.3 is 5.73 Å². The Bertz CT molecular complexity index is 347. The van der Waals surface area contributed by atoms with Crippen molar-refractivity contribution in [2.75, 3.05) is 0 Å². The zero-order valence-corrected chi connectivity index (χ0v) is 11.9. The lowest BCUT2D eigenvalue weighted by Gasteiger charge is -2.40. The lowest BCUT2D eigenvalue weighted by atomic mass is 9.70. The van der Waals surface area contributed by atoms with Crippen molar-refractivity contribution in [2.24, 2.45) is 17.6 Å². The van der Waals surface area contributed by atoms with Gasteiger partial charge in [0.25, 0.3) is 0 Å². The fourth-order valence-corrected chi connectivity index (χ4v) is 3.82. The van der Waals surface area contributed by atoms with Crippen LogP contribution in [0.25, 0.3) is 0 Å². The molecule has 1 aliphatic carbocycles. The monoisotopic (exact) mass is 245 g/mol. The van der Waals surface area contributed by atoms with Gasteiger partial charge in [-0.1, -0.05) is 44.2 Å². The molecule has 1 aromatic rings. The van der Waals surface area contributed by atoms with E-state index in [9.17, 15) is 0 Å². The van der Waals surface area contributed by atoms with E-state index in [0.29, 0.717) is 0 Å². The average Bonchev–Trinajstić information content (AvgIpc) is 2.28. The molecule has 1 nitrogen and oxygen atoms in total. The Morgan fingerprint density at radius 3 is 2.33 bits per heavy atom. The first-order valence-electron chi connectivity index (χ1n) is 7.40. The third-order valence-corrected chi connectivity index (χ3v) is 4.30. The number of aryl methyl sites for hydroxylation is 1. The molecule has 1 aromatic carbocycles. The molecule has 1 aliphatic rings. The van der Waals surface area contributed by atoms with Gasteiger partial charge >= 0.3 is 0 Å². The third kappa shape index (κ3) is 3.84. The number of benzene rings is 1. The molecular weight excluding hydrogens is 218 g/mol. The minimum Gasteiger partial charge on any atom is -0.325 e. The molecule has 2 rings (SSSR count). The first-order chi connectivity index (χ1) is 8.57. The Balaban J connectivity index is 1.82. The van der Waals surface area contributed by atoms with E-state index >= 15 is 0 Å². The van der Waals surface area contributed by atoms with Crippen molar-refractivity contribution in [3.05, 3.63) is 35.9 Å². The van der Waals surface area contributed by atoms with E-state index in [4.69, 9.17) is 5.73 Å². The summed E-state index contributed by atoms with van der Waals surface area (Å²) in [6, 6.07) is 10.8. The number of rotatable bonds is 4. The smallest absolute Gasteiger partial charge is 0.0159 e. The highest BCUT2D eigenvalue weighted by Gasteiger charge is 2.33. The third-order valence-electron chi connectivity index (χ3n) is 4.30. The minimum absolute atomic E-state index is 0.103. The van der Waals surface area contributed by atoms with Crippen LogP contribution in [0.2, 0.25) is 0 Å². The maximum atomic E-state index is 6.60. The summed E-state index contributed by atoms with van der Waals surface area (Å²) < 4.78 is 0. The Morgan fingerprint density at radius 1 is 1.11 bits per heavy atom. The summed E-state index contributed by atoms with van der Waals surface area (Å²) in [6.45, 7) is 4.71. The van der Waals surface area contributed by atoms with E-state index in [1.165, 1.54) is 44.1 Å². The van der Waals surface area contributed by atoms with E-state index in [0.717, 1.165) is 11.8 Å². The fourth-order valence-electron chi connectivity index (χ4n) is 3.82. The standard InChI is InChI=1S/C17H27N/c1-14-11-15(2)13-17(18,12-14)10-6-9-16-7-4-3-5-8-16/h3-5,7-8,14-15H,6,9-13,18H2,1-2H3. The van der Waals surface area contributed by atoms with Gasteiger partial charge in [0.1, 0.15) is 0 Å². The van der Waals surface area contributed by atoms with Crippen molar-refractivity contribution in [2.45, 2.75) is 57.9 Å². The molecule has 2 unspecified atom stereocenters. The molecule has 0 bridgehead atoms. The van der Waals surface area contributed by atoms with Crippen LogP contribution in [0.3, 0.4) is 0 Å². The highest BCUT2D eigenvalue weighted by atomic mass is 14.7. The highest BCUT2D eigenvalue weighted by molar-refractivity contribution is 5.14. The van der Waals surface area contributed by atoms with E-state index in [2.05, 4.69) is 44.2 Å². The van der Waals surface area contributed by atoms with Crippen LogP contribution in [0.15, 0.2) is 30.3 Å². The molecule has 2 atom stereocenters. The summed E-state index contributed by atoms with van der Waals surface area (Å²) >= 11 is 0. The summed E-state index contributed by atoms with van der Waals surface area (Å²) in [7, 11) is 0. The van der Waals surface area contributed by atoms with Crippen molar-refractivity contribution < 1.29 is 0 Å². The van der Waals surface area contributed by atoms with Gasteiger partial charge in [-0.25, -0.2) is 0 Å². The molecule has 0 amide bonds. The second kappa shape index (κ2) is 5.88. The van der Waals surface area contributed by atoms with E-state index in [1.807, 2.05) is 0 Å². The molecular formula is C17H27N. The SMILES string of the molecule is CC1CC(C)CC(N)(CCCc2ccccc2)C1. The van der Waals surface area contributed by atoms with Crippen molar-refractivity contribution >= 4 is 0 Å². The van der Waals surface area contributed by atoms with Gasteiger partial charge in [0.15, 0.2) is 0 Å². The molecule has 2 N–H and O–H groups in total. The molecule has 0 spiro atoms. The quantitative estimate of drug-likeness (QED) is 0.846. The molecule has 0 aromatic heterocycles. The molecule has 1 fully saturated rings. The molecule has 18 heavy (non-hydrogen) atoms. The Hall–Kier alpha value is -0.820. The largest absolute Gasteiger partial charge is 0.325 e. The van der Waals surface area contributed by atoms with Gasteiger partial charge in [0.05, 0.1) is 0 Å². The van der Waals surface area contributed by atoms with Crippen molar-refractivity contribution in [1.82, 2.24) is 0 Å². The number of nitrogens with two attached hydrogens (primary N) is 1. The van der Waals surface area contributed by atoms with Crippen LogP contribution in [0, 0.1) is 11.8 Å². The molecule has 0 aliphatic heterocycles. The van der Waals surface area contributed by atoms with Crippen molar-refractivity contribution in [1.29, 1.82) is 0 Å². The summed E-state index contributed by atoms with van der Waals surface area (Å²) in [5, 5.41) is 0. The highest BCUT2D eigenvalue weighted by Crippen LogP contribution is 2.37. The zero-order valence-electron chi connectivity index (χ0n) is 11.9. The van der Waals surface area contributed by atoms with Crippen LogP contribution in [0.1, 0.15) is 51.5 Å². The van der Waals surface area contributed by atoms with Gasteiger partial charge in [-0.3, -0.25) is 0 Å². The van der Waals surface area contributed by atoms with E-state index in [-0.39, 0.29) is 5.54 Å². The normalized spacial score (nSPS) is 32.4. The second-order valence-electron chi connectivity index (χ2n) is 6.56. The van der Waals surface area contributed by atoms with E-state index < -0.39 is 0 Å². The van der Waals surface area contributed by atoms with Gasteiger partial charge in [0, 0.05) is 5.54 Å². The van der Waals surface area contributed by atoms with Gasteiger partial charge in [-0.05, 0) is 55.9 Å². The van der Waals surface area contributed by atoms with Gasteiger partial charge in [-0.2, -0.15) is 0 Å². The van der Waals surface area contributed by atoms with Crippen LogP contribution in [0.4, 0.5) is 0 Å². The second-order valence-corrected chi connectivity index (χ2v) is 6.56. The predicted octanol–water partition coefficient (Wildman–Crippen LogP) is 4.16. The molecule has 0 radical (unpaired) electrons. The Labute approximate surface area is 112 Å². The van der Waals surface area contributed by atoms with E-state index in [1.54, 1.807) is 0 Å². The zero-order chi connectivity index (χ0) is 13.0. The lowest BCUT2D eigenvalue weighted by Crippen LogP contribution is -2.46. The maximum Gasteiger partial charge on any atom is 0.0159 e. The van der Waals surface area contributed by atoms with Crippen molar-refractivity contribution in [3.8, 4) is 0 Å². The van der Waals surface area contributed by atoms with Crippen LogP contribution in [-0.4, -0.2) is 5.54 Å². The molecule has 0 heterocycles. The summed E-state index contributed by atoms with van der Waals surface area (Å²) in [6.07, 6.45) is 7.36. The molecule has 0 saturated heterocycles. The molecule has 1 heteroatoms. The lowest BCUT2D eigenvalue weighted by molar-refractivity contribution is 0.171. The predicted molar refractivity (Wildman–Crippen MR) is 78.5 cm³/mol. The van der Waals surface area contributed by atoms with Crippen LogP contribution in [0.5, 0.6) is 0 Å². The summed E-state index contributed by atoms with van der Waals surface area (Å²) in [5.74, 6) is 1.60. The topological polar surface area (TPSA) is 26.0 Å². The van der Waals surface area contributed by atoms with Gasteiger partial charge in [-0.15, -0.1) is 0 Å². The minimum atomic E-state index is 0.103. The number of hydrogen-bond donors (Lipinski definition) is 1. The Kier molecular flexibility index (Phi) is 4.45. The average molecular weight is 245 g/mol. The molecule has 100 valence electrons. The summed E-state index contributed by atoms with van der Waals surface area (Å²) in [5.41, 5.74) is 8.15. The first-order valence-corrected chi connectivity index (χ1v) is 7.40. The maximum absolute atomic E-state index is 6.60. The van der Waals surface area contributed by atoms with Crippen molar-refractivity contribution in [3.63, 3.8) is 0 Å². The van der Waals surface area contributed by atoms with Crippen LogP contribution < -0.4 is 5.73 Å². The summed E-state index contributed by atoms with van der Waals surface area (Å²) in [4.78, 5) is 0. The van der Waals surface area contributed by atoms with Crippen LogP contribution >= 0.6 is 0 Å².